The molecular formula is C27H29NO5. The lowest BCUT2D eigenvalue weighted by Crippen LogP contribution is -2.14. The SMILES string of the molecule is CCOC(=O)CCc1ccccc1NC(=O)c1ccc(OCCCOc2ccccc2)cc1. The fraction of sp³-hybridized carbons (Fsp3) is 0.259. The number of esters is 1. The highest BCUT2D eigenvalue weighted by atomic mass is 16.5. The Morgan fingerprint density at radius 3 is 2.12 bits per heavy atom. The van der Waals surface area contributed by atoms with Crippen LogP contribution in [0.4, 0.5) is 5.69 Å². The van der Waals surface area contributed by atoms with E-state index in [1.807, 2.05) is 54.6 Å². The number of benzene rings is 3. The Labute approximate surface area is 194 Å². The van der Waals surface area contributed by atoms with Gasteiger partial charge in [0.2, 0.25) is 0 Å². The summed E-state index contributed by atoms with van der Waals surface area (Å²) in [6.45, 7) is 3.23. The molecule has 0 saturated heterocycles. The molecule has 0 heterocycles. The quantitative estimate of drug-likeness (QED) is 0.302. The van der Waals surface area contributed by atoms with Crippen molar-refractivity contribution in [3.63, 3.8) is 0 Å². The molecule has 0 unspecified atom stereocenters. The van der Waals surface area contributed by atoms with Crippen molar-refractivity contribution in [2.24, 2.45) is 0 Å². The van der Waals surface area contributed by atoms with E-state index in [2.05, 4.69) is 5.32 Å². The Hall–Kier alpha value is -3.80. The number of rotatable bonds is 12. The topological polar surface area (TPSA) is 73.9 Å². The van der Waals surface area contributed by atoms with Crippen LogP contribution in [-0.2, 0) is 16.0 Å². The first-order chi connectivity index (χ1) is 16.2. The number of anilines is 1. The second kappa shape index (κ2) is 12.9. The Balaban J connectivity index is 1.46. The third-order valence-corrected chi connectivity index (χ3v) is 4.86. The molecule has 3 aromatic rings. The van der Waals surface area contributed by atoms with Gasteiger partial charge in [0, 0.05) is 24.1 Å². The maximum Gasteiger partial charge on any atom is 0.306 e. The molecule has 0 radical (unpaired) electrons. The van der Waals surface area contributed by atoms with Crippen LogP contribution in [0.1, 0.15) is 35.7 Å². The van der Waals surface area contributed by atoms with Crippen LogP contribution in [0.2, 0.25) is 0 Å². The van der Waals surface area contributed by atoms with Crippen molar-refractivity contribution in [3.05, 3.63) is 90.0 Å². The van der Waals surface area contributed by atoms with Gasteiger partial charge >= 0.3 is 5.97 Å². The molecule has 0 aliphatic heterocycles. The highest BCUT2D eigenvalue weighted by Gasteiger charge is 2.11. The number of hydrogen-bond acceptors (Lipinski definition) is 5. The highest BCUT2D eigenvalue weighted by molar-refractivity contribution is 6.04. The van der Waals surface area contributed by atoms with Gasteiger partial charge in [0.1, 0.15) is 11.5 Å². The molecule has 0 aliphatic rings. The van der Waals surface area contributed by atoms with Crippen LogP contribution in [0.15, 0.2) is 78.9 Å². The maximum absolute atomic E-state index is 12.7. The number of para-hydroxylation sites is 2. The normalized spacial score (nSPS) is 10.3. The number of carbonyl (C=O) groups is 2. The summed E-state index contributed by atoms with van der Waals surface area (Å²) >= 11 is 0. The second-order valence-corrected chi connectivity index (χ2v) is 7.30. The van der Waals surface area contributed by atoms with Gasteiger partial charge in [-0.2, -0.15) is 0 Å². The molecule has 0 fully saturated rings. The first-order valence-electron chi connectivity index (χ1n) is 11.1. The number of amides is 1. The number of nitrogens with one attached hydrogen (secondary N) is 1. The molecule has 0 atom stereocenters. The van der Waals surface area contributed by atoms with E-state index in [0.29, 0.717) is 43.2 Å². The van der Waals surface area contributed by atoms with E-state index in [9.17, 15) is 9.59 Å². The minimum atomic E-state index is -0.249. The monoisotopic (exact) mass is 447 g/mol. The number of ether oxygens (including phenoxy) is 3. The first kappa shape index (κ1) is 23.9. The fourth-order valence-electron chi connectivity index (χ4n) is 3.18. The zero-order chi connectivity index (χ0) is 23.3. The summed E-state index contributed by atoms with van der Waals surface area (Å²) in [5.74, 6) is 1.07. The lowest BCUT2D eigenvalue weighted by molar-refractivity contribution is -0.143. The molecule has 1 amide bonds. The number of hydrogen-bond donors (Lipinski definition) is 1. The Morgan fingerprint density at radius 1 is 0.788 bits per heavy atom. The van der Waals surface area contributed by atoms with Gasteiger partial charge in [0.05, 0.1) is 19.8 Å². The average Bonchev–Trinajstić information content (AvgIpc) is 2.84. The highest BCUT2D eigenvalue weighted by Crippen LogP contribution is 2.19. The molecule has 3 rings (SSSR count). The van der Waals surface area contributed by atoms with E-state index in [0.717, 1.165) is 17.7 Å². The van der Waals surface area contributed by atoms with Gasteiger partial charge < -0.3 is 19.5 Å². The van der Waals surface area contributed by atoms with Gasteiger partial charge in [-0.15, -0.1) is 0 Å². The molecule has 0 aliphatic carbocycles. The minimum absolute atomic E-state index is 0.221. The van der Waals surface area contributed by atoms with Crippen LogP contribution in [0, 0.1) is 0 Å². The van der Waals surface area contributed by atoms with Crippen molar-refractivity contribution >= 4 is 17.6 Å². The van der Waals surface area contributed by atoms with E-state index in [-0.39, 0.29) is 18.3 Å². The van der Waals surface area contributed by atoms with Crippen molar-refractivity contribution in [3.8, 4) is 11.5 Å². The van der Waals surface area contributed by atoms with Gasteiger partial charge in [-0.1, -0.05) is 36.4 Å². The van der Waals surface area contributed by atoms with E-state index >= 15 is 0 Å². The van der Waals surface area contributed by atoms with E-state index in [1.165, 1.54) is 0 Å². The second-order valence-electron chi connectivity index (χ2n) is 7.30. The van der Waals surface area contributed by atoms with E-state index < -0.39 is 0 Å². The minimum Gasteiger partial charge on any atom is -0.493 e. The van der Waals surface area contributed by atoms with Gasteiger partial charge in [0.25, 0.3) is 5.91 Å². The Kier molecular flexibility index (Phi) is 9.33. The average molecular weight is 448 g/mol. The van der Waals surface area contributed by atoms with E-state index in [1.54, 1.807) is 31.2 Å². The number of aryl methyl sites for hydroxylation is 1. The molecule has 0 aromatic heterocycles. The van der Waals surface area contributed by atoms with Crippen molar-refractivity contribution in [1.29, 1.82) is 0 Å². The molecule has 6 nitrogen and oxygen atoms in total. The first-order valence-corrected chi connectivity index (χ1v) is 11.1. The van der Waals surface area contributed by atoms with Crippen LogP contribution >= 0.6 is 0 Å². The molecule has 6 heteroatoms. The summed E-state index contributed by atoms with van der Waals surface area (Å²) < 4.78 is 16.4. The maximum atomic E-state index is 12.7. The predicted molar refractivity (Wildman–Crippen MR) is 128 cm³/mol. The van der Waals surface area contributed by atoms with Gasteiger partial charge in [0.15, 0.2) is 0 Å². The summed E-state index contributed by atoms with van der Waals surface area (Å²) in [6.07, 6.45) is 1.51. The molecule has 3 aromatic carbocycles. The standard InChI is InChI=1S/C27H29NO5/c1-2-31-26(29)18-15-21-9-6-7-12-25(21)28-27(30)22-13-16-24(17-14-22)33-20-8-19-32-23-10-4-3-5-11-23/h3-7,9-14,16-17H,2,8,15,18-20H2,1H3,(H,28,30). The molecule has 0 saturated carbocycles. The van der Waals surface area contributed by atoms with Gasteiger partial charge in [-0.25, -0.2) is 0 Å². The fourth-order valence-corrected chi connectivity index (χ4v) is 3.18. The molecule has 1 N–H and O–H groups in total. The summed E-state index contributed by atoms with van der Waals surface area (Å²) in [4.78, 5) is 24.3. The van der Waals surface area contributed by atoms with Crippen LogP contribution in [-0.4, -0.2) is 31.7 Å². The Morgan fingerprint density at radius 2 is 1.42 bits per heavy atom. The molecular weight excluding hydrogens is 418 g/mol. The summed E-state index contributed by atoms with van der Waals surface area (Å²) in [6, 6.07) is 24.1. The molecule has 33 heavy (non-hydrogen) atoms. The van der Waals surface area contributed by atoms with Crippen molar-refractivity contribution < 1.29 is 23.8 Å². The zero-order valence-electron chi connectivity index (χ0n) is 18.8. The third-order valence-electron chi connectivity index (χ3n) is 4.86. The largest absolute Gasteiger partial charge is 0.493 e. The molecule has 0 spiro atoms. The van der Waals surface area contributed by atoms with Crippen LogP contribution in [0.25, 0.3) is 0 Å². The van der Waals surface area contributed by atoms with Crippen LogP contribution in [0.3, 0.4) is 0 Å². The van der Waals surface area contributed by atoms with Crippen molar-refractivity contribution in [2.75, 3.05) is 25.1 Å². The zero-order valence-corrected chi connectivity index (χ0v) is 18.8. The number of carbonyl (C=O) groups excluding carboxylic acids is 2. The lowest BCUT2D eigenvalue weighted by atomic mass is 10.1. The lowest BCUT2D eigenvalue weighted by Gasteiger charge is -2.12. The summed E-state index contributed by atoms with van der Waals surface area (Å²) in [5.41, 5.74) is 2.09. The van der Waals surface area contributed by atoms with Gasteiger partial charge in [-0.05, 0) is 61.4 Å². The molecule has 0 bridgehead atoms. The molecule has 172 valence electrons. The van der Waals surface area contributed by atoms with Gasteiger partial charge in [-0.3, -0.25) is 9.59 Å². The summed E-state index contributed by atoms with van der Waals surface area (Å²) in [7, 11) is 0. The van der Waals surface area contributed by atoms with E-state index in [4.69, 9.17) is 14.2 Å². The predicted octanol–water partition coefficient (Wildman–Crippen LogP) is 5.28. The van der Waals surface area contributed by atoms with Crippen molar-refractivity contribution in [2.45, 2.75) is 26.2 Å². The Bertz CT molecular complexity index is 1020. The van der Waals surface area contributed by atoms with Crippen LogP contribution in [0.5, 0.6) is 11.5 Å². The van der Waals surface area contributed by atoms with Crippen molar-refractivity contribution in [1.82, 2.24) is 0 Å². The van der Waals surface area contributed by atoms with Crippen LogP contribution < -0.4 is 14.8 Å². The summed E-state index contributed by atoms with van der Waals surface area (Å²) in [5, 5.41) is 2.93. The smallest absolute Gasteiger partial charge is 0.306 e. The third kappa shape index (κ3) is 8.00.